The fraction of sp³-hybridized carbons (Fsp3) is 0.450. The van der Waals surface area contributed by atoms with Crippen molar-refractivity contribution < 1.29 is 19.0 Å². The first-order chi connectivity index (χ1) is 13.7. The number of rotatable bonds is 6. The predicted octanol–water partition coefficient (Wildman–Crippen LogP) is 2.90. The first kappa shape index (κ1) is 19.5. The zero-order valence-corrected chi connectivity index (χ0v) is 17.1. The number of hydrogen-bond donors (Lipinski definition) is 1. The normalized spacial score (nSPS) is 17.9. The van der Waals surface area contributed by atoms with Gasteiger partial charge in [0.25, 0.3) is 0 Å². The molecular weight excluding hydrogens is 400 g/mol. The molecule has 1 aromatic carbocycles. The molecule has 1 saturated heterocycles. The average molecular weight is 423 g/mol. The van der Waals surface area contributed by atoms with E-state index in [0.29, 0.717) is 36.3 Å². The van der Waals surface area contributed by atoms with E-state index < -0.39 is 0 Å². The van der Waals surface area contributed by atoms with Crippen LogP contribution in [0, 0.1) is 0 Å². The summed E-state index contributed by atoms with van der Waals surface area (Å²) in [6.07, 6.45) is 0.247. The molecule has 150 valence electrons. The number of fused-ring (bicyclic) bond motifs is 1. The van der Waals surface area contributed by atoms with Crippen molar-refractivity contribution in [2.45, 2.75) is 12.5 Å². The number of ether oxygens (including phenoxy) is 3. The predicted molar refractivity (Wildman–Crippen MR) is 109 cm³/mol. The Bertz CT molecular complexity index is 809. The van der Waals surface area contributed by atoms with E-state index in [2.05, 4.69) is 21.7 Å². The van der Waals surface area contributed by atoms with Crippen molar-refractivity contribution in [2.24, 2.45) is 0 Å². The number of morpholine rings is 1. The molecule has 1 atom stereocenters. The Kier molecular flexibility index (Phi) is 6.36. The Hall–Kier alpha value is -1.80. The largest absolute Gasteiger partial charge is 0.486 e. The summed E-state index contributed by atoms with van der Waals surface area (Å²) in [5.41, 5.74) is 0.811. The Morgan fingerprint density at radius 3 is 2.82 bits per heavy atom. The first-order valence-corrected chi connectivity index (χ1v) is 10.7. The van der Waals surface area contributed by atoms with E-state index in [1.54, 1.807) is 17.4 Å². The molecule has 3 heterocycles. The highest BCUT2D eigenvalue weighted by atomic mass is 35.5. The molecule has 0 radical (unpaired) electrons. The summed E-state index contributed by atoms with van der Waals surface area (Å²) in [4.78, 5) is 16.2. The summed E-state index contributed by atoms with van der Waals surface area (Å²) in [5, 5.41) is 5.63. The van der Waals surface area contributed by atoms with Gasteiger partial charge in [0, 0.05) is 24.5 Å². The van der Waals surface area contributed by atoms with E-state index in [9.17, 15) is 4.79 Å². The van der Waals surface area contributed by atoms with Gasteiger partial charge in [-0.05, 0) is 29.1 Å². The molecule has 2 aliphatic heterocycles. The fourth-order valence-corrected chi connectivity index (χ4v) is 4.65. The number of carbonyl (C=O) groups is 1. The van der Waals surface area contributed by atoms with Crippen molar-refractivity contribution in [2.75, 3.05) is 46.1 Å². The standard InChI is InChI=1S/C20H23ClN2O4S/c21-15-10-14(11-17-20(15)27-8-7-26-17)12-19(24)22-13-16(18-2-1-9-28-18)23-3-5-25-6-4-23/h1-2,9-11,16H,3-8,12-13H2,(H,22,24)/t16-/m1/s1. The molecule has 1 aromatic heterocycles. The van der Waals surface area contributed by atoms with Gasteiger partial charge in [-0.1, -0.05) is 17.7 Å². The second-order valence-corrected chi connectivity index (χ2v) is 8.15. The maximum absolute atomic E-state index is 12.6. The quantitative estimate of drug-likeness (QED) is 0.775. The topological polar surface area (TPSA) is 60.0 Å². The Labute approximate surface area is 173 Å². The molecule has 1 N–H and O–H groups in total. The fourth-order valence-electron chi connectivity index (χ4n) is 3.50. The third-order valence-corrected chi connectivity index (χ3v) is 6.13. The minimum atomic E-state index is -0.0393. The van der Waals surface area contributed by atoms with E-state index in [1.165, 1.54) is 4.88 Å². The maximum atomic E-state index is 12.6. The molecular formula is C20H23ClN2O4S. The van der Waals surface area contributed by atoms with Gasteiger partial charge in [0.2, 0.25) is 5.91 Å². The van der Waals surface area contributed by atoms with Gasteiger partial charge in [-0.25, -0.2) is 0 Å². The van der Waals surface area contributed by atoms with Crippen molar-refractivity contribution in [1.82, 2.24) is 10.2 Å². The molecule has 4 rings (SSSR count). The number of nitrogens with zero attached hydrogens (tertiary/aromatic N) is 1. The lowest BCUT2D eigenvalue weighted by atomic mass is 10.1. The van der Waals surface area contributed by atoms with Gasteiger partial charge in [-0.2, -0.15) is 0 Å². The van der Waals surface area contributed by atoms with Crippen molar-refractivity contribution in [3.63, 3.8) is 0 Å². The molecule has 0 saturated carbocycles. The van der Waals surface area contributed by atoms with Crippen LogP contribution >= 0.6 is 22.9 Å². The molecule has 0 unspecified atom stereocenters. The minimum absolute atomic E-state index is 0.0393. The molecule has 1 amide bonds. The van der Waals surface area contributed by atoms with Crippen molar-refractivity contribution in [1.29, 1.82) is 0 Å². The second kappa shape index (κ2) is 9.13. The van der Waals surface area contributed by atoms with Crippen LogP contribution in [0.3, 0.4) is 0 Å². The number of benzene rings is 1. The Morgan fingerprint density at radius 2 is 2.04 bits per heavy atom. The number of amides is 1. The van der Waals surface area contributed by atoms with Crippen LogP contribution in [0.5, 0.6) is 11.5 Å². The molecule has 2 aliphatic rings. The summed E-state index contributed by atoms with van der Waals surface area (Å²) in [5.74, 6) is 1.12. The van der Waals surface area contributed by atoms with Gasteiger partial charge in [-0.15, -0.1) is 11.3 Å². The lowest BCUT2D eigenvalue weighted by Gasteiger charge is -2.34. The number of hydrogen-bond acceptors (Lipinski definition) is 6. The van der Waals surface area contributed by atoms with Gasteiger partial charge in [-0.3, -0.25) is 9.69 Å². The lowest BCUT2D eigenvalue weighted by molar-refractivity contribution is -0.120. The number of thiophene rings is 1. The van der Waals surface area contributed by atoms with E-state index >= 15 is 0 Å². The van der Waals surface area contributed by atoms with E-state index in [4.69, 9.17) is 25.8 Å². The summed E-state index contributed by atoms with van der Waals surface area (Å²) in [6.45, 7) is 4.74. The van der Waals surface area contributed by atoms with Crippen LogP contribution < -0.4 is 14.8 Å². The van der Waals surface area contributed by atoms with Crippen LogP contribution in [0.25, 0.3) is 0 Å². The highest BCUT2D eigenvalue weighted by Crippen LogP contribution is 2.38. The number of halogens is 1. The summed E-state index contributed by atoms with van der Waals surface area (Å²) in [7, 11) is 0. The van der Waals surface area contributed by atoms with Crippen LogP contribution in [0.4, 0.5) is 0 Å². The molecule has 0 aliphatic carbocycles. The zero-order chi connectivity index (χ0) is 19.3. The molecule has 8 heteroatoms. The molecule has 6 nitrogen and oxygen atoms in total. The third kappa shape index (κ3) is 4.60. The maximum Gasteiger partial charge on any atom is 0.224 e. The van der Waals surface area contributed by atoms with Crippen LogP contribution in [0.15, 0.2) is 29.6 Å². The van der Waals surface area contributed by atoms with Gasteiger partial charge < -0.3 is 19.5 Å². The van der Waals surface area contributed by atoms with E-state index in [-0.39, 0.29) is 18.4 Å². The van der Waals surface area contributed by atoms with Gasteiger partial charge in [0.1, 0.15) is 13.2 Å². The lowest BCUT2D eigenvalue weighted by Crippen LogP contribution is -2.43. The van der Waals surface area contributed by atoms with Crippen molar-refractivity contribution in [3.8, 4) is 11.5 Å². The summed E-state index contributed by atoms with van der Waals surface area (Å²) < 4.78 is 16.6. The number of carbonyl (C=O) groups excluding carboxylic acids is 1. The third-order valence-electron chi connectivity index (χ3n) is 4.87. The summed E-state index contributed by atoms with van der Waals surface area (Å²) in [6, 6.07) is 7.94. The van der Waals surface area contributed by atoms with E-state index in [0.717, 1.165) is 31.9 Å². The van der Waals surface area contributed by atoms with Crippen molar-refractivity contribution in [3.05, 3.63) is 45.1 Å². The average Bonchev–Trinajstić information content (AvgIpc) is 3.23. The second-order valence-electron chi connectivity index (χ2n) is 6.76. The SMILES string of the molecule is O=C(Cc1cc(Cl)c2c(c1)OCCO2)NC[C@H](c1cccs1)N1CCOCC1. The summed E-state index contributed by atoms with van der Waals surface area (Å²) >= 11 is 7.99. The Balaban J connectivity index is 1.39. The van der Waals surface area contributed by atoms with Crippen LogP contribution in [0.1, 0.15) is 16.5 Å². The highest BCUT2D eigenvalue weighted by molar-refractivity contribution is 7.10. The van der Waals surface area contributed by atoms with Gasteiger partial charge in [0.05, 0.1) is 30.7 Å². The van der Waals surface area contributed by atoms with Crippen LogP contribution in [-0.2, 0) is 16.0 Å². The zero-order valence-electron chi connectivity index (χ0n) is 15.5. The van der Waals surface area contributed by atoms with Crippen LogP contribution in [0.2, 0.25) is 5.02 Å². The smallest absolute Gasteiger partial charge is 0.224 e. The van der Waals surface area contributed by atoms with Gasteiger partial charge in [0.15, 0.2) is 11.5 Å². The monoisotopic (exact) mass is 422 g/mol. The molecule has 0 bridgehead atoms. The Morgan fingerprint density at radius 1 is 1.21 bits per heavy atom. The molecule has 28 heavy (non-hydrogen) atoms. The number of nitrogens with one attached hydrogen (secondary N) is 1. The molecule has 1 fully saturated rings. The first-order valence-electron chi connectivity index (χ1n) is 9.40. The minimum Gasteiger partial charge on any atom is -0.486 e. The van der Waals surface area contributed by atoms with E-state index in [1.807, 2.05) is 12.1 Å². The van der Waals surface area contributed by atoms with Crippen LogP contribution in [-0.4, -0.2) is 56.9 Å². The van der Waals surface area contributed by atoms with Crippen molar-refractivity contribution >= 4 is 28.8 Å². The highest BCUT2D eigenvalue weighted by Gasteiger charge is 2.24. The molecule has 2 aromatic rings. The molecule has 0 spiro atoms. The van der Waals surface area contributed by atoms with Gasteiger partial charge >= 0.3 is 0 Å².